The third-order valence-electron chi connectivity index (χ3n) is 2.83. The normalized spacial score (nSPS) is 19.8. The minimum Gasteiger partial charge on any atom is -0.397 e. The molecule has 0 amide bonds. The van der Waals surface area contributed by atoms with Crippen molar-refractivity contribution in [3.05, 3.63) is 24.0 Å². The molecule has 0 radical (unpaired) electrons. The van der Waals surface area contributed by atoms with E-state index in [2.05, 4.69) is 0 Å². The van der Waals surface area contributed by atoms with E-state index in [0.29, 0.717) is 11.4 Å². The molecule has 2 rings (SSSR count). The molecule has 1 aromatic rings. The van der Waals surface area contributed by atoms with E-state index in [1.165, 1.54) is 18.2 Å². The molecule has 0 bridgehead atoms. The summed E-state index contributed by atoms with van der Waals surface area (Å²) < 4.78 is 38.7. The first-order valence-electron chi connectivity index (χ1n) is 5.16. The van der Waals surface area contributed by atoms with Crippen LogP contribution >= 0.6 is 0 Å². The van der Waals surface area contributed by atoms with Gasteiger partial charge in [-0.15, -0.1) is 0 Å². The lowest BCUT2D eigenvalue weighted by Crippen LogP contribution is -2.39. The Morgan fingerprint density at radius 3 is 2.38 bits per heavy atom. The number of hydrogen-bond acceptors (Lipinski definition) is 2. The molecule has 1 fully saturated rings. The maximum Gasteiger partial charge on any atom is 0.251 e. The molecule has 2 N–H and O–H groups in total. The molecule has 16 heavy (non-hydrogen) atoms. The van der Waals surface area contributed by atoms with E-state index in [-0.39, 0.29) is 25.9 Å². The number of hydrogen-bond donors (Lipinski definition) is 1. The Morgan fingerprint density at radius 2 is 1.81 bits per heavy atom. The van der Waals surface area contributed by atoms with Gasteiger partial charge < -0.3 is 10.6 Å². The number of halogens is 3. The van der Waals surface area contributed by atoms with Crippen LogP contribution in [0.1, 0.15) is 12.8 Å². The zero-order valence-electron chi connectivity index (χ0n) is 8.72. The lowest BCUT2D eigenvalue weighted by Gasteiger charge is -2.34. The third-order valence-corrected chi connectivity index (χ3v) is 2.83. The van der Waals surface area contributed by atoms with Crippen molar-refractivity contribution >= 4 is 11.4 Å². The first-order valence-corrected chi connectivity index (χ1v) is 5.16. The molecular formula is C11H13F3N2. The number of rotatable bonds is 1. The second-order valence-corrected chi connectivity index (χ2v) is 4.05. The Morgan fingerprint density at radius 1 is 1.19 bits per heavy atom. The Labute approximate surface area is 91.8 Å². The van der Waals surface area contributed by atoms with E-state index in [4.69, 9.17) is 5.73 Å². The van der Waals surface area contributed by atoms with Crippen LogP contribution in [0.25, 0.3) is 0 Å². The molecule has 5 heteroatoms. The van der Waals surface area contributed by atoms with Gasteiger partial charge in [-0.05, 0) is 18.2 Å². The van der Waals surface area contributed by atoms with Crippen LogP contribution in [-0.2, 0) is 0 Å². The lowest BCUT2D eigenvalue weighted by molar-refractivity contribution is -0.0220. The van der Waals surface area contributed by atoms with Gasteiger partial charge in [0.25, 0.3) is 5.92 Å². The summed E-state index contributed by atoms with van der Waals surface area (Å²) in [5.41, 5.74) is 6.58. The highest BCUT2D eigenvalue weighted by Crippen LogP contribution is 2.32. The summed E-state index contributed by atoms with van der Waals surface area (Å²) in [5, 5.41) is 0. The van der Waals surface area contributed by atoms with Crippen molar-refractivity contribution in [2.75, 3.05) is 23.7 Å². The highest BCUT2D eigenvalue weighted by Gasteiger charge is 2.34. The first kappa shape index (κ1) is 11.1. The number of anilines is 2. The molecule has 0 aromatic heterocycles. The average Bonchev–Trinajstić information content (AvgIpc) is 2.19. The third kappa shape index (κ3) is 2.23. The van der Waals surface area contributed by atoms with Gasteiger partial charge in [-0.25, -0.2) is 13.2 Å². The molecule has 88 valence electrons. The predicted octanol–water partition coefficient (Wildman–Crippen LogP) is 2.64. The van der Waals surface area contributed by atoms with E-state index < -0.39 is 11.7 Å². The minimum absolute atomic E-state index is 0.177. The van der Waals surface area contributed by atoms with E-state index in [1.807, 2.05) is 0 Å². The number of piperidine rings is 1. The number of nitrogens with two attached hydrogens (primary N) is 1. The van der Waals surface area contributed by atoms with E-state index in [9.17, 15) is 13.2 Å². The molecule has 1 aliphatic rings. The van der Waals surface area contributed by atoms with Gasteiger partial charge >= 0.3 is 0 Å². The van der Waals surface area contributed by atoms with Crippen molar-refractivity contribution < 1.29 is 13.2 Å². The topological polar surface area (TPSA) is 29.3 Å². The summed E-state index contributed by atoms with van der Waals surface area (Å²) in [7, 11) is 0. The predicted molar refractivity (Wildman–Crippen MR) is 57.2 cm³/mol. The molecule has 0 unspecified atom stereocenters. The van der Waals surface area contributed by atoms with Crippen molar-refractivity contribution in [1.29, 1.82) is 0 Å². The van der Waals surface area contributed by atoms with Crippen LogP contribution in [0, 0.1) is 5.82 Å². The summed E-state index contributed by atoms with van der Waals surface area (Å²) in [4.78, 5) is 1.77. The Balaban J connectivity index is 2.14. The van der Waals surface area contributed by atoms with Crippen molar-refractivity contribution in [3.63, 3.8) is 0 Å². The summed E-state index contributed by atoms with van der Waals surface area (Å²) in [6.45, 7) is 0.506. The maximum absolute atomic E-state index is 12.9. The Hall–Kier alpha value is -1.39. The Bertz CT molecular complexity index is 383. The molecule has 0 aliphatic carbocycles. The van der Waals surface area contributed by atoms with Crippen LogP contribution in [0.5, 0.6) is 0 Å². The smallest absolute Gasteiger partial charge is 0.251 e. The molecular weight excluding hydrogens is 217 g/mol. The van der Waals surface area contributed by atoms with Crippen LogP contribution in [-0.4, -0.2) is 19.0 Å². The second kappa shape index (κ2) is 3.88. The zero-order valence-corrected chi connectivity index (χ0v) is 8.72. The van der Waals surface area contributed by atoms with Crippen molar-refractivity contribution in [3.8, 4) is 0 Å². The number of alkyl halides is 2. The summed E-state index contributed by atoms with van der Waals surface area (Å²) >= 11 is 0. The van der Waals surface area contributed by atoms with Gasteiger partial charge in [0, 0.05) is 25.9 Å². The molecule has 1 aromatic carbocycles. The van der Waals surface area contributed by atoms with Crippen molar-refractivity contribution in [1.82, 2.24) is 0 Å². The van der Waals surface area contributed by atoms with Crippen LogP contribution in [0.3, 0.4) is 0 Å². The van der Waals surface area contributed by atoms with Gasteiger partial charge in [-0.3, -0.25) is 0 Å². The van der Waals surface area contributed by atoms with Crippen LogP contribution in [0.15, 0.2) is 18.2 Å². The molecule has 0 atom stereocenters. The maximum atomic E-state index is 12.9. The largest absolute Gasteiger partial charge is 0.397 e. The highest BCUT2D eigenvalue weighted by molar-refractivity contribution is 5.67. The monoisotopic (exact) mass is 230 g/mol. The van der Waals surface area contributed by atoms with Gasteiger partial charge in [0.15, 0.2) is 0 Å². The van der Waals surface area contributed by atoms with Gasteiger partial charge in [0.2, 0.25) is 0 Å². The lowest BCUT2D eigenvalue weighted by atomic mass is 10.1. The molecule has 1 heterocycles. The number of nitrogens with zero attached hydrogens (tertiary/aromatic N) is 1. The molecule has 2 nitrogen and oxygen atoms in total. The van der Waals surface area contributed by atoms with Crippen molar-refractivity contribution in [2.24, 2.45) is 0 Å². The van der Waals surface area contributed by atoms with Gasteiger partial charge in [-0.1, -0.05) is 0 Å². The Kier molecular flexibility index (Phi) is 2.69. The first-order chi connectivity index (χ1) is 7.48. The summed E-state index contributed by atoms with van der Waals surface area (Å²) in [6.07, 6.45) is -0.354. The zero-order chi connectivity index (χ0) is 11.8. The van der Waals surface area contributed by atoms with Crippen LogP contribution < -0.4 is 10.6 Å². The standard InChI is InChI=1S/C11H13F3N2/c12-8-1-2-10(9(15)7-8)16-5-3-11(13,14)4-6-16/h1-2,7H,3-6,15H2. The van der Waals surface area contributed by atoms with Crippen LogP contribution in [0.2, 0.25) is 0 Å². The van der Waals surface area contributed by atoms with Gasteiger partial charge in [0.1, 0.15) is 5.82 Å². The van der Waals surface area contributed by atoms with Gasteiger partial charge in [0.05, 0.1) is 11.4 Å². The quantitative estimate of drug-likeness (QED) is 0.751. The SMILES string of the molecule is Nc1cc(F)ccc1N1CCC(F)(F)CC1. The second-order valence-electron chi connectivity index (χ2n) is 4.05. The molecule has 1 saturated heterocycles. The summed E-state index contributed by atoms with van der Waals surface area (Å²) in [6, 6.07) is 4.04. The molecule has 1 aliphatic heterocycles. The fraction of sp³-hybridized carbons (Fsp3) is 0.455. The fourth-order valence-electron chi connectivity index (χ4n) is 1.89. The van der Waals surface area contributed by atoms with Crippen LogP contribution in [0.4, 0.5) is 24.5 Å². The van der Waals surface area contributed by atoms with E-state index >= 15 is 0 Å². The van der Waals surface area contributed by atoms with E-state index in [0.717, 1.165) is 0 Å². The molecule has 0 saturated carbocycles. The minimum atomic E-state index is -2.58. The molecule has 0 spiro atoms. The summed E-state index contributed by atoms with van der Waals surface area (Å²) in [5.74, 6) is -2.99. The highest BCUT2D eigenvalue weighted by atomic mass is 19.3. The number of nitrogen functional groups attached to an aromatic ring is 1. The van der Waals surface area contributed by atoms with Gasteiger partial charge in [-0.2, -0.15) is 0 Å². The van der Waals surface area contributed by atoms with Crippen molar-refractivity contribution in [2.45, 2.75) is 18.8 Å². The fourth-order valence-corrected chi connectivity index (χ4v) is 1.89. The van der Waals surface area contributed by atoms with E-state index in [1.54, 1.807) is 4.90 Å². The average molecular weight is 230 g/mol. The number of benzene rings is 1.